The van der Waals surface area contributed by atoms with Crippen LogP contribution in [0.1, 0.15) is 24.8 Å². The normalized spacial score (nSPS) is 23.4. The summed E-state index contributed by atoms with van der Waals surface area (Å²) in [5, 5.41) is 14.0. The fraction of sp³-hybridized carbons (Fsp3) is 0.579. The third-order valence-corrected chi connectivity index (χ3v) is 5.51. The molecule has 8 heteroatoms. The highest BCUT2D eigenvalue weighted by Gasteiger charge is 2.28. The fourth-order valence-corrected chi connectivity index (χ4v) is 3.80. The van der Waals surface area contributed by atoms with E-state index in [4.69, 9.17) is 11.6 Å². The van der Waals surface area contributed by atoms with Crippen LogP contribution in [0.25, 0.3) is 0 Å². The monoisotopic (exact) mass is 506 g/mol. The summed E-state index contributed by atoms with van der Waals surface area (Å²) in [6.07, 6.45) is 2.78. The Hall–Kier alpha value is -1.06. The van der Waals surface area contributed by atoms with Gasteiger partial charge in [-0.15, -0.1) is 24.0 Å². The molecule has 1 aliphatic carbocycles. The van der Waals surface area contributed by atoms with Gasteiger partial charge < -0.3 is 20.2 Å². The van der Waals surface area contributed by atoms with Crippen molar-refractivity contribution in [1.82, 2.24) is 15.1 Å². The Balaban J connectivity index is 0.00000261. The summed E-state index contributed by atoms with van der Waals surface area (Å²) in [7, 11) is 1.73. The average molecular weight is 507 g/mol. The second-order valence-corrected chi connectivity index (χ2v) is 7.49. The van der Waals surface area contributed by atoms with E-state index in [9.17, 15) is 9.90 Å². The van der Waals surface area contributed by atoms with E-state index in [0.717, 1.165) is 37.3 Å². The molecule has 2 atom stereocenters. The summed E-state index contributed by atoms with van der Waals surface area (Å²) >= 11 is 5.92. The van der Waals surface area contributed by atoms with Crippen molar-refractivity contribution in [1.29, 1.82) is 0 Å². The molecule has 0 aromatic heterocycles. The Bertz CT molecular complexity index is 656. The summed E-state index contributed by atoms with van der Waals surface area (Å²) in [6, 6.07) is 7.60. The van der Waals surface area contributed by atoms with Crippen molar-refractivity contribution >= 4 is 47.4 Å². The molecule has 1 heterocycles. The van der Waals surface area contributed by atoms with Crippen LogP contribution in [0.5, 0.6) is 0 Å². The first-order valence-corrected chi connectivity index (χ1v) is 9.60. The number of aliphatic imine (C=N–C) groups is 1. The number of guanidine groups is 1. The van der Waals surface area contributed by atoms with E-state index in [1.807, 2.05) is 34.1 Å². The zero-order valence-electron chi connectivity index (χ0n) is 15.6. The summed E-state index contributed by atoms with van der Waals surface area (Å²) in [6.45, 7) is 3.03. The topological polar surface area (TPSA) is 68.2 Å². The lowest BCUT2D eigenvalue weighted by atomic mass is 10.1. The number of amides is 1. The van der Waals surface area contributed by atoms with Crippen molar-refractivity contribution in [3.8, 4) is 0 Å². The molecule has 1 aromatic carbocycles. The third-order valence-electron chi connectivity index (χ3n) is 5.26. The smallest absolute Gasteiger partial charge is 0.242 e. The molecule has 27 heavy (non-hydrogen) atoms. The van der Waals surface area contributed by atoms with Gasteiger partial charge in [-0.05, 0) is 30.5 Å². The lowest BCUT2D eigenvalue weighted by Crippen LogP contribution is -2.55. The number of hydrogen-bond donors (Lipinski definition) is 2. The minimum absolute atomic E-state index is 0. The molecule has 150 valence electrons. The van der Waals surface area contributed by atoms with Crippen molar-refractivity contribution < 1.29 is 9.90 Å². The number of halogens is 2. The number of aliphatic hydroxyl groups excluding tert-OH is 1. The van der Waals surface area contributed by atoms with E-state index in [1.54, 1.807) is 7.05 Å². The summed E-state index contributed by atoms with van der Waals surface area (Å²) in [4.78, 5) is 20.7. The lowest BCUT2D eigenvalue weighted by Gasteiger charge is -2.36. The van der Waals surface area contributed by atoms with Crippen LogP contribution in [0.15, 0.2) is 29.3 Å². The van der Waals surface area contributed by atoms with E-state index >= 15 is 0 Å². The molecule has 1 aromatic rings. The largest absolute Gasteiger partial charge is 0.393 e. The molecule has 1 amide bonds. The number of piperazine rings is 1. The van der Waals surface area contributed by atoms with Crippen molar-refractivity contribution in [3.05, 3.63) is 34.9 Å². The van der Waals surface area contributed by atoms with Crippen molar-refractivity contribution in [3.63, 3.8) is 0 Å². The highest BCUT2D eigenvalue weighted by atomic mass is 127. The number of rotatable bonds is 4. The molecule has 2 fully saturated rings. The van der Waals surface area contributed by atoms with Gasteiger partial charge in [-0.2, -0.15) is 0 Å². The van der Waals surface area contributed by atoms with Gasteiger partial charge in [0.2, 0.25) is 5.91 Å². The standard InChI is InChI=1S/C19H27ClN4O2.HI/c1-21-19(22-11-15-3-2-4-17(15)25)24-10-9-23(18(26)13-24)12-14-5-7-16(20)8-6-14;/h5-8,15,17,25H,2-4,9-13H2,1H3,(H,21,22);1H. The molecular weight excluding hydrogens is 479 g/mol. The van der Waals surface area contributed by atoms with Gasteiger partial charge in [0.1, 0.15) is 0 Å². The maximum Gasteiger partial charge on any atom is 0.242 e. The van der Waals surface area contributed by atoms with Gasteiger partial charge >= 0.3 is 0 Å². The predicted molar refractivity (Wildman–Crippen MR) is 119 cm³/mol. The molecule has 6 nitrogen and oxygen atoms in total. The molecule has 0 bridgehead atoms. The maximum absolute atomic E-state index is 12.5. The Labute approximate surface area is 183 Å². The van der Waals surface area contributed by atoms with Crippen LogP contribution < -0.4 is 5.32 Å². The summed E-state index contributed by atoms with van der Waals surface area (Å²) in [5.41, 5.74) is 1.08. The van der Waals surface area contributed by atoms with Crippen LogP contribution in [0, 0.1) is 5.92 Å². The lowest BCUT2D eigenvalue weighted by molar-refractivity contribution is -0.135. The Morgan fingerprint density at radius 1 is 1.30 bits per heavy atom. The second kappa shape index (κ2) is 10.5. The molecule has 1 saturated carbocycles. The number of carbonyl (C=O) groups is 1. The third kappa shape index (κ3) is 5.96. The zero-order valence-corrected chi connectivity index (χ0v) is 18.7. The van der Waals surface area contributed by atoms with Gasteiger partial charge in [0, 0.05) is 44.2 Å². The number of benzene rings is 1. The molecule has 0 spiro atoms. The van der Waals surface area contributed by atoms with Gasteiger partial charge in [0.05, 0.1) is 12.6 Å². The summed E-state index contributed by atoms with van der Waals surface area (Å²) in [5.74, 6) is 1.10. The van der Waals surface area contributed by atoms with Gasteiger partial charge in [-0.3, -0.25) is 9.79 Å². The molecule has 0 radical (unpaired) electrons. The number of nitrogens with one attached hydrogen (secondary N) is 1. The van der Waals surface area contributed by atoms with Crippen molar-refractivity contribution in [2.45, 2.75) is 31.9 Å². The molecule has 1 saturated heterocycles. The minimum atomic E-state index is -0.224. The molecule has 2 N–H and O–H groups in total. The summed E-state index contributed by atoms with van der Waals surface area (Å²) < 4.78 is 0. The fourth-order valence-electron chi connectivity index (χ4n) is 3.68. The zero-order chi connectivity index (χ0) is 18.5. The molecule has 1 aliphatic heterocycles. The van der Waals surface area contributed by atoms with Gasteiger partial charge in [-0.1, -0.05) is 30.2 Å². The van der Waals surface area contributed by atoms with Crippen LogP contribution >= 0.6 is 35.6 Å². The number of aliphatic hydroxyl groups is 1. The first kappa shape index (κ1) is 22.2. The van der Waals surface area contributed by atoms with E-state index in [2.05, 4.69) is 10.3 Å². The molecule has 2 unspecified atom stereocenters. The average Bonchev–Trinajstić information content (AvgIpc) is 3.04. The van der Waals surface area contributed by atoms with Crippen LogP contribution in [0.3, 0.4) is 0 Å². The first-order chi connectivity index (χ1) is 12.6. The molecule has 2 aliphatic rings. The SMILES string of the molecule is CN=C(NCC1CCCC1O)N1CCN(Cc2ccc(Cl)cc2)C(=O)C1.I. The number of nitrogens with zero attached hydrogens (tertiary/aromatic N) is 3. The van der Waals surface area contributed by atoms with Crippen molar-refractivity contribution in [2.24, 2.45) is 10.9 Å². The highest BCUT2D eigenvalue weighted by molar-refractivity contribution is 14.0. The number of hydrogen-bond acceptors (Lipinski definition) is 3. The Morgan fingerprint density at radius 2 is 2.04 bits per heavy atom. The van der Waals surface area contributed by atoms with E-state index in [1.165, 1.54) is 0 Å². The van der Waals surface area contributed by atoms with Gasteiger partial charge in [0.25, 0.3) is 0 Å². The quantitative estimate of drug-likeness (QED) is 0.374. The van der Waals surface area contributed by atoms with Crippen LogP contribution in [0.4, 0.5) is 0 Å². The van der Waals surface area contributed by atoms with Crippen LogP contribution in [0.2, 0.25) is 5.02 Å². The van der Waals surface area contributed by atoms with Gasteiger partial charge in [-0.25, -0.2) is 0 Å². The van der Waals surface area contributed by atoms with E-state index in [0.29, 0.717) is 31.2 Å². The Kier molecular flexibility index (Phi) is 8.62. The second-order valence-electron chi connectivity index (χ2n) is 7.05. The predicted octanol–water partition coefficient (Wildman–Crippen LogP) is 2.34. The van der Waals surface area contributed by atoms with E-state index < -0.39 is 0 Å². The maximum atomic E-state index is 12.5. The minimum Gasteiger partial charge on any atom is -0.393 e. The molecule has 3 rings (SSSR count). The van der Waals surface area contributed by atoms with Crippen LogP contribution in [-0.4, -0.2) is 66.1 Å². The van der Waals surface area contributed by atoms with Crippen LogP contribution in [-0.2, 0) is 11.3 Å². The van der Waals surface area contributed by atoms with Crippen molar-refractivity contribution in [2.75, 3.05) is 33.2 Å². The highest BCUT2D eigenvalue weighted by Crippen LogP contribution is 2.24. The van der Waals surface area contributed by atoms with E-state index in [-0.39, 0.29) is 41.9 Å². The molecular formula is C19H28ClIN4O2. The first-order valence-electron chi connectivity index (χ1n) is 9.22. The number of carbonyl (C=O) groups excluding carboxylic acids is 1. The van der Waals surface area contributed by atoms with Gasteiger partial charge in [0.15, 0.2) is 5.96 Å². The Morgan fingerprint density at radius 3 is 2.63 bits per heavy atom.